The van der Waals surface area contributed by atoms with E-state index in [9.17, 15) is 9.59 Å². The summed E-state index contributed by atoms with van der Waals surface area (Å²) >= 11 is 0. The molecule has 0 spiro atoms. The Morgan fingerprint density at radius 2 is 1.50 bits per heavy atom. The molecule has 0 bridgehead atoms. The van der Waals surface area contributed by atoms with Gasteiger partial charge in [-0.1, -0.05) is 72.8 Å². The number of aryl methyl sites for hydroxylation is 1. The lowest BCUT2D eigenvalue weighted by molar-refractivity contribution is -0.136. The van der Waals surface area contributed by atoms with Crippen LogP contribution in [0.3, 0.4) is 0 Å². The minimum Gasteiger partial charge on any atom is -0.486 e. The second-order valence-corrected chi connectivity index (χ2v) is 9.37. The first-order valence-corrected chi connectivity index (χ1v) is 12.4. The molecule has 6 heteroatoms. The third-order valence-corrected chi connectivity index (χ3v) is 6.91. The molecule has 3 aromatic carbocycles. The predicted octanol–water partition coefficient (Wildman–Crippen LogP) is 5.33. The Morgan fingerprint density at radius 1 is 0.889 bits per heavy atom. The summed E-state index contributed by atoms with van der Waals surface area (Å²) in [5.74, 6) is 0.460. The van der Waals surface area contributed by atoms with Crippen molar-refractivity contribution in [2.45, 2.75) is 43.2 Å². The summed E-state index contributed by atoms with van der Waals surface area (Å²) in [7, 11) is 0. The van der Waals surface area contributed by atoms with Gasteiger partial charge in [-0.3, -0.25) is 4.79 Å². The molecular formula is C30H30N2O4. The van der Waals surface area contributed by atoms with Crippen LogP contribution in [0.2, 0.25) is 0 Å². The number of nitrogens with zero attached hydrogens (tertiary/aromatic N) is 1. The van der Waals surface area contributed by atoms with E-state index in [0.29, 0.717) is 19.4 Å². The van der Waals surface area contributed by atoms with Crippen LogP contribution >= 0.6 is 0 Å². The number of carboxylic acid groups (broad SMARTS) is 1. The van der Waals surface area contributed by atoms with Gasteiger partial charge in [0.15, 0.2) is 0 Å². The van der Waals surface area contributed by atoms with E-state index in [0.717, 1.165) is 11.3 Å². The molecule has 1 aliphatic heterocycles. The van der Waals surface area contributed by atoms with E-state index in [-0.39, 0.29) is 36.4 Å². The lowest BCUT2D eigenvalue weighted by Crippen LogP contribution is -2.42. The highest BCUT2D eigenvalue weighted by molar-refractivity contribution is 5.77. The Balaban J connectivity index is 1.17. The minimum atomic E-state index is -0.802. The van der Waals surface area contributed by atoms with Gasteiger partial charge < -0.3 is 20.1 Å². The Morgan fingerprint density at radius 3 is 2.03 bits per heavy atom. The summed E-state index contributed by atoms with van der Waals surface area (Å²) in [6.07, 6.45) is 4.91. The highest BCUT2D eigenvalue weighted by Gasteiger charge is 2.52. The third-order valence-electron chi connectivity index (χ3n) is 6.91. The number of hydrogen-bond donors (Lipinski definition) is 2. The molecule has 4 atom stereocenters. The number of nitrogens with one attached hydrogen (secondary N) is 1. The van der Waals surface area contributed by atoms with Crippen LogP contribution in [0.15, 0.2) is 97.2 Å². The number of rotatable bonds is 8. The molecule has 0 radical (unpaired) electrons. The van der Waals surface area contributed by atoms with Crippen molar-refractivity contribution >= 4 is 12.0 Å². The second kappa shape index (κ2) is 10.7. The summed E-state index contributed by atoms with van der Waals surface area (Å²) < 4.78 is 6.05. The number of urea groups is 1. The molecule has 1 saturated carbocycles. The van der Waals surface area contributed by atoms with Crippen molar-refractivity contribution in [3.8, 4) is 5.75 Å². The zero-order valence-electron chi connectivity index (χ0n) is 20.0. The standard InChI is InChI=1S/C30H30N2O4/c33-26(34)16-13-21-11-14-24(15-12-21)36-25-17-19-32(20-18-25)30(35)31-29-27(22-7-3-1-4-8-22)28(29)23-9-5-2-6-10-23/h1-12,14-15,17,19,25,27-29H,13,16,18,20H2,(H,31,35)(H,33,34)/t25-,27-,28+,29?/m1/s1. The minimum absolute atomic E-state index is 0.0596. The van der Waals surface area contributed by atoms with E-state index in [2.05, 4.69) is 29.6 Å². The molecule has 2 aliphatic rings. The lowest BCUT2D eigenvalue weighted by Gasteiger charge is -2.27. The first kappa shape index (κ1) is 23.7. The number of aliphatic carboxylic acids is 1. The smallest absolute Gasteiger partial charge is 0.321 e. The molecule has 184 valence electrons. The second-order valence-electron chi connectivity index (χ2n) is 9.37. The lowest BCUT2D eigenvalue weighted by atomic mass is 10.0. The number of carboxylic acids is 1. The van der Waals surface area contributed by atoms with Crippen LogP contribution in [0.25, 0.3) is 0 Å². The average Bonchev–Trinajstić information content (AvgIpc) is 3.63. The van der Waals surface area contributed by atoms with Gasteiger partial charge in [-0.25, -0.2) is 4.79 Å². The number of carbonyl (C=O) groups excluding carboxylic acids is 1. The normalized spacial score (nSPS) is 22.6. The van der Waals surface area contributed by atoms with Crippen LogP contribution in [0.1, 0.15) is 41.4 Å². The van der Waals surface area contributed by atoms with Gasteiger partial charge >= 0.3 is 12.0 Å². The van der Waals surface area contributed by atoms with Gasteiger partial charge in [0.1, 0.15) is 11.9 Å². The third kappa shape index (κ3) is 5.60. The van der Waals surface area contributed by atoms with Crippen LogP contribution in [0, 0.1) is 0 Å². The number of amides is 2. The molecule has 2 amide bonds. The van der Waals surface area contributed by atoms with E-state index in [1.54, 1.807) is 4.90 Å². The molecule has 1 heterocycles. The van der Waals surface area contributed by atoms with Crippen molar-refractivity contribution in [3.05, 3.63) is 114 Å². The maximum atomic E-state index is 13.1. The van der Waals surface area contributed by atoms with E-state index < -0.39 is 5.97 Å². The van der Waals surface area contributed by atoms with E-state index in [1.165, 1.54) is 11.1 Å². The van der Waals surface area contributed by atoms with Crippen molar-refractivity contribution in [2.75, 3.05) is 6.54 Å². The first-order chi connectivity index (χ1) is 17.6. The van der Waals surface area contributed by atoms with Gasteiger partial charge in [0.25, 0.3) is 0 Å². The molecule has 1 unspecified atom stereocenters. The zero-order valence-corrected chi connectivity index (χ0v) is 20.0. The van der Waals surface area contributed by atoms with Gasteiger partial charge in [0.2, 0.25) is 0 Å². The van der Waals surface area contributed by atoms with Crippen molar-refractivity contribution in [2.24, 2.45) is 0 Å². The Bertz CT molecular complexity index is 1170. The molecule has 1 aliphatic carbocycles. The molecule has 5 rings (SSSR count). The van der Waals surface area contributed by atoms with E-state index in [1.807, 2.05) is 72.9 Å². The first-order valence-electron chi connectivity index (χ1n) is 12.4. The molecule has 0 aromatic heterocycles. The topological polar surface area (TPSA) is 78.9 Å². The summed E-state index contributed by atoms with van der Waals surface area (Å²) in [4.78, 5) is 25.6. The molecule has 1 fully saturated rings. The Hall–Kier alpha value is -4.06. The van der Waals surface area contributed by atoms with Crippen LogP contribution in [-0.4, -0.2) is 40.7 Å². The van der Waals surface area contributed by atoms with E-state index >= 15 is 0 Å². The van der Waals surface area contributed by atoms with Crippen molar-refractivity contribution < 1.29 is 19.4 Å². The van der Waals surface area contributed by atoms with Crippen molar-refractivity contribution in [1.82, 2.24) is 10.2 Å². The van der Waals surface area contributed by atoms with Crippen LogP contribution < -0.4 is 10.1 Å². The summed E-state index contributed by atoms with van der Waals surface area (Å²) in [6.45, 7) is 0.572. The van der Waals surface area contributed by atoms with Crippen LogP contribution in [0.4, 0.5) is 4.79 Å². The van der Waals surface area contributed by atoms with Crippen LogP contribution in [0.5, 0.6) is 5.75 Å². The fourth-order valence-electron chi connectivity index (χ4n) is 4.96. The summed E-state index contributed by atoms with van der Waals surface area (Å²) in [6, 6.07) is 28.2. The summed E-state index contributed by atoms with van der Waals surface area (Å²) in [5, 5.41) is 12.1. The van der Waals surface area contributed by atoms with Crippen molar-refractivity contribution in [3.63, 3.8) is 0 Å². The Kier molecular flexibility index (Phi) is 7.03. The number of benzene rings is 3. The molecule has 36 heavy (non-hydrogen) atoms. The highest BCUT2D eigenvalue weighted by atomic mass is 16.5. The molecule has 6 nitrogen and oxygen atoms in total. The zero-order chi connectivity index (χ0) is 24.9. The van der Waals surface area contributed by atoms with E-state index in [4.69, 9.17) is 9.84 Å². The maximum absolute atomic E-state index is 13.1. The van der Waals surface area contributed by atoms with Gasteiger partial charge in [0.05, 0.1) is 0 Å². The predicted molar refractivity (Wildman–Crippen MR) is 138 cm³/mol. The van der Waals surface area contributed by atoms with Crippen LogP contribution in [-0.2, 0) is 11.2 Å². The van der Waals surface area contributed by atoms with Gasteiger partial charge in [-0.15, -0.1) is 0 Å². The monoisotopic (exact) mass is 482 g/mol. The Labute approximate surface area is 211 Å². The fourth-order valence-corrected chi connectivity index (χ4v) is 4.96. The molecule has 0 saturated heterocycles. The average molecular weight is 483 g/mol. The van der Waals surface area contributed by atoms with Gasteiger partial charge in [0, 0.05) is 43.5 Å². The van der Waals surface area contributed by atoms with Gasteiger partial charge in [-0.2, -0.15) is 0 Å². The molecular weight excluding hydrogens is 452 g/mol. The number of carbonyl (C=O) groups is 2. The van der Waals surface area contributed by atoms with Gasteiger partial charge in [-0.05, 0) is 41.3 Å². The molecule has 3 aromatic rings. The fraction of sp³-hybridized carbons (Fsp3) is 0.267. The molecule has 2 N–H and O–H groups in total. The quantitative estimate of drug-likeness (QED) is 0.455. The number of hydrogen-bond acceptors (Lipinski definition) is 3. The number of ether oxygens (including phenoxy) is 1. The maximum Gasteiger partial charge on any atom is 0.321 e. The highest BCUT2D eigenvalue weighted by Crippen LogP contribution is 2.54. The largest absolute Gasteiger partial charge is 0.486 e. The summed E-state index contributed by atoms with van der Waals surface area (Å²) in [5.41, 5.74) is 3.45. The SMILES string of the molecule is O=C(O)CCc1ccc(O[C@@H]2C=CN(C(=O)NC3[C@@H](c4ccccc4)[C@H]3c3ccccc3)CC2)cc1. The van der Waals surface area contributed by atoms with Crippen molar-refractivity contribution in [1.29, 1.82) is 0 Å².